The first kappa shape index (κ1) is 17.7. The Kier molecular flexibility index (Phi) is 7.06. The maximum absolute atomic E-state index is 11.5. The molecule has 0 aromatic carbocycles. The first-order chi connectivity index (χ1) is 10.4. The molecule has 2 amide bonds. The molecular formula is C12H20N4O6. The number of hydrazine groups is 1. The zero-order valence-electron chi connectivity index (χ0n) is 12.4. The van der Waals surface area contributed by atoms with E-state index in [-0.39, 0.29) is 42.8 Å². The summed E-state index contributed by atoms with van der Waals surface area (Å²) < 4.78 is 0. The molecule has 0 atom stereocenters. The Bertz CT molecular complexity index is 437. The Morgan fingerprint density at radius 3 is 2.59 bits per heavy atom. The minimum absolute atomic E-state index is 0.107. The predicted octanol–water partition coefficient (Wildman–Crippen LogP) is 0.479. The zero-order valence-corrected chi connectivity index (χ0v) is 12.4. The van der Waals surface area contributed by atoms with Crippen LogP contribution in [-0.2, 0) is 19.2 Å². The highest BCUT2D eigenvalue weighted by atomic mass is 16.7. The fourth-order valence-electron chi connectivity index (χ4n) is 1.84. The molecule has 10 nitrogen and oxygen atoms in total. The van der Waals surface area contributed by atoms with E-state index in [1.807, 2.05) is 0 Å². The van der Waals surface area contributed by atoms with E-state index in [0.29, 0.717) is 25.8 Å². The van der Waals surface area contributed by atoms with Crippen LogP contribution in [0.1, 0.15) is 38.5 Å². The minimum Gasteiger partial charge on any atom is -0.569 e. The third-order valence-corrected chi connectivity index (χ3v) is 3.13. The van der Waals surface area contributed by atoms with Crippen LogP contribution in [0.25, 0.3) is 0 Å². The molecule has 1 aliphatic heterocycles. The van der Waals surface area contributed by atoms with E-state index in [1.165, 1.54) is 12.1 Å². The number of amides is 2. The lowest BCUT2D eigenvalue weighted by molar-refractivity contribution is -0.705. The molecule has 0 aliphatic carbocycles. The van der Waals surface area contributed by atoms with Gasteiger partial charge in [0.1, 0.15) is 0 Å². The summed E-state index contributed by atoms with van der Waals surface area (Å²) in [4.78, 5) is 38.7. The highest BCUT2D eigenvalue weighted by Gasteiger charge is 2.29. The lowest BCUT2D eigenvalue weighted by Crippen LogP contribution is -2.32. The number of hydrogen-bond acceptors (Lipinski definition) is 6. The van der Waals surface area contributed by atoms with Crippen molar-refractivity contribution in [3.63, 3.8) is 0 Å². The van der Waals surface area contributed by atoms with Gasteiger partial charge in [-0.15, -0.1) is 5.01 Å². The molecule has 0 unspecified atom stereocenters. The Morgan fingerprint density at radius 1 is 1.36 bits per heavy atom. The van der Waals surface area contributed by atoms with Crippen molar-refractivity contribution in [3.05, 3.63) is 5.21 Å². The van der Waals surface area contributed by atoms with Crippen LogP contribution < -0.4 is 0 Å². The number of carbonyl (C=O) groups is 3. The van der Waals surface area contributed by atoms with Gasteiger partial charge in [-0.05, 0) is 12.8 Å². The number of unbranched alkanes of at least 4 members (excludes halogenated alkanes) is 2. The maximum Gasteiger partial charge on any atom is 0.303 e. The topological polar surface area (TPSA) is 126 Å². The van der Waals surface area contributed by atoms with Crippen LogP contribution in [0.2, 0.25) is 0 Å². The molecule has 124 valence electrons. The van der Waals surface area contributed by atoms with E-state index in [1.54, 1.807) is 0 Å². The van der Waals surface area contributed by atoms with Crippen molar-refractivity contribution in [1.82, 2.24) is 9.91 Å². The molecular weight excluding hydrogens is 296 g/mol. The quantitative estimate of drug-likeness (QED) is 0.204. The summed E-state index contributed by atoms with van der Waals surface area (Å²) >= 11 is 0. The standard InChI is InChI=1S/C12H20N4O6/c1-14(8-4-2-3-5-12(19)20)16(21)13-22-9-15-10(17)6-7-11(15)18/h2-9H2,1H3,(H,19,20). The number of rotatable bonds is 10. The molecule has 0 spiro atoms. The summed E-state index contributed by atoms with van der Waals surface area (Å²) in [6.07, 6.45) is 2.29. The van der Waals surface area contributed by atoms with E-state index in [0.717, 1.165) is 4.90 Å². The van der Waals surface area contributed by atoms with Gasteiger partial charge in [0.05, 0.1) is 18.6 Å². The van der Waals surface area contributed by atoms with Crippen LogP contribution in [0.5, 0.6) is 0 Å². The molecule has 1 N–H and O–H groups in total. The second-order valence-corrected chi connectivity index (χ2v) is 4.89. The van der Waals surface area contributed by atoms with E-state index in [9.17, 15) is 19.6 Å². The van der Waals surface area contributed by atoms with Crippen LogP contribution in [-0.4, -0.2) is 58.1 Å². The average Bonchev–Trinajstić information content (AvgIpc) is 2.77. The molecule has 1 heterocycles. The van der Waals surface area contributed by atoms with Gasteiger partial charge in [-0.1, -0.05) is 6.42 Å². The molecule has 0 bridgehead atoms. The van der Waals surface area contributed by atoms with Gasteiger partial charge in [-0.3, -0.25) is 14.4 Å². The second-order valence-electron chi connectivity index (χ2n) is 4.89. The fourth-order valence-corrected chi connectivity index (χ4v) is 1.84. The molecule has 1 aliphatic rings. The summed E-state index contributed by atoms with van der Waals surface area (Å²) in [6.45, 7) is 0.0143. The van der Waals surface area contributed by atoms with Crippen LogP contribution >= 0.6 is 0 Å². The van der Waals surface area contributed by atoms with Crippen molar-refractivity contribution in [2.24, 2.45) is 5.28 Å². The van der Waals surface area contributed by atoms with Gasteiger partial charge in [-0.25, -0.2) is 4.90 Å². The zero-order chi connectivity index (χ0) is 16.5. The monoisotopic (exact) mass is 316 g/mol. The highest BCUT2D eigenvalue weighted by Crippen LogP contribution is 2.11. The van der Waals surface area contributed by atoms with Crippen LogP contribution in [0, 0.1) is 5.21 Å². The van der Waals surface area contributed by atoms with Crippen LogP contribution in [0.4, 0.5) is 0 Å². The summed E-state index contributed by atoms with van der Waals surface area (Å²) in [5.74, 6) is -1.53. The normalized spacial score (nSPS) is 15.3. The Hall–Kier alpha value is -2.39. The first-order valence-corrected chi connectivity index (χ1v) is 6.98. The summed E-state index contributed by atoms with van der Waals surface area (Å²) in [7, 11) is 1.50. The summed E-state index contributed by atoms with van der Waals surface area (Å²) in [5, 5.41) is 24.5. The molecule has 0 aromatic rings. The second kappa shape index (κ2) is 8.80. The van der Waals surface area contributed by atoms with Crippen molar-refractivity contribution in [3.8, 4) is 0 Å². The maximum atomic E-state index is 11.5. The van der Waals surface area contributed by atoms with E-state index < -0.39 is 5.97 Å². The number of aliphatic carboxylic acids is 1. The van der Waals surface area contributed by atoms with Crippen molar-refractivity contribution < 1.29 is 29.3 Å². The molecule has 0 saturated carbocycles. The number of carboxylic acids is 1. The molecule has 10 heteroatoms. The van der Waals surface area contributed by atoms with Gasteiger partial charge in [0.15, 0.2) is 0 Å². The lowest BCUT2D eigenvalue weighted by atomic mass is 10.2. The number of carboxylic acid groups (broad SMARTS) is 1. The minimum atomic E-state index is -0.840. The van der Waals surface area contributed by atoms with Gasteiger partial charge in [0.25, 0.3) is 0 Å². The fraction of sp³-hybridized carbons (Fsp3) is 0.750. The van der Waals surface area contributed by atoms with Crippen LogP contribution in [0.3, 0.4) is 0 Å². The van der Waals surface area contributed by atoms with Crippen molar-refractivity contribution in [1.29, 1.82) is 0 Å². The van der Waals surface area contributed by atoms with E-state index >= 15 is 0 Å². The first-order valence-electron chi connectivity index (χ1n) is 6.98. The molecule has 0 aromatic heterocycles. The SMILES string of the molecule is CN(CCCCCC(=O)O)[N+]([O-])=NOCN1C(=O)CCC1=O. The highest BCUT2D eigenvalue weighted by molar-refractivity contribution is 6.01. The van der Waals surface area contributed by atoms with Gasteiger partial charge in [0.2, 0.25) is 23.8 Å². The number of carbonyl (C=O) groups excluding carboxylic acids is 2. The van der Waals surface area contributed by atoms with E-state index in [4.69, 9.17) is 9.94 Å². The predicted molar refractivity (Wildman–Crippen MR) is 71.8 cm³/mol. The third-order valence-electron chi connectivity index (χ3n) is 3.13. The van der Waals surface area contributed by atoms with Gasteiger partial charge in [0, 0.05) is 19.3 Å². The van der Waals surface area contributed by atoms with Gasteiger partial charge >= 0.3 is 5.97 Å². The summed E-state index contributed by atoms with van der Waals surface area (Å²) in [5.41, 5.74) is 0. The average molecular weight is 316 g/mol. The number of nitrogens with zero attached hydrogens (tertiary/aromatic N) is 4. The Labute approximate surface area is 127 Å². The van der Waals surface area contributed by atoms with Crippen molar-refractivity contribution in [2.75, 3.05) is 20.3 Å². The Balaban J connectivity index is 2.21. The van der Waals surface area contributed by atoms with Gasteiger partial charge in [-0.2, -0.15) is 0 Å². The van der Waals surface area contributed by atoms with Crippen molar-refractivity contribution >= 4 is 17.8 Å². The molecule has 1 saturated heterocycles. The largest absolute Gasteiger partial charge is 0.569 e. The molecule has 0 radical (unpaired) electrons. The molecule has 22 heavy (non-hydrogen) atoms. The summed E-state index contributed by atoms with van der Waals surface area (Å²) in [6, 6.07) is 0. The van der Waals surface area contributed by atoms with Crippen LogP contribution in [0.15, 0.2) is 5.28 Å². The number of imide groups is 1. The van der Waals surface area contributed by atoms with Crippen molar-refractivity contribution in [2.45, 2.75) is 38.5 Å². The smallest absolute Gasteiger partial charge is 0.303 e. The lowest BCUT2D eigenvalue weighted by Gasteiger charge is -2.14. The number of hydrogen-bond donors (Lipinski definition) is 1. The molecule has 1 rings (SSSR count). The van der Waals surface area contributed by atoms with Gasteiger partial charge < -0.3 is 15.2 Å². The van der Waals surface area contributed by atoms with E-state index in [2.05, 4.69) is 5.28 Å². The Morgan fingerprint density at radius 2 is 2.00 bits per heavy atom. The third kappa shape index (κ3) is 5.94. The molecule has 1 fully saturated rings. The number of likely N-dealkylation sites (tertiary alicyclic amines) is 1.